The van der Waals surface area contributed by atoms with Crippen molar-refractivity contribution in [3.63, 3.8) is 0 Å². The molecule has 0 saturated heterocycles. The molecule has 4 rings (SSSR count). The Morgan fingerprint density at radius 1 is 1.22 bits per heavy atom. The second-order valence-electron chi connectivity index (χ2n) is 10.9. The summed E-state index contributed by atoms with van der Waals surface area (Å²) in [4.78, 5) is 25.4. The van der Waals surface area contributed by atoms with Gasteiger partial charge >= 0.3 is 5.97 Å². The summed E-state index contributed by atoms with van der Waals surface area (Å²) >= 11 is 0. The van der Waals surface area contributed by atoms with Crippen LogP contribution in [0.4, 0.5) is 0 Å². The Morgan fingerprint density at radius 2 is 2.03 bits per heavy atom. The molecule has 0 aliphatic heterocycles. The van der Waals surface area contributed by atoms with E-state index in [-0.39, 0.29) is 35.6 Å². The molecule has 178 valence electrons. The van der Waals surface area contributed by atoms with Crippen molar-refractivity contribution in [2.45, 2.75) is 65.4 Å². The lowest BCUT2D eigenvalue weighted by Gasteiger charge is -2.50. The molecule has 4 aliphatic rings. The van der Waals surface area contributed by atoms with E-state index in [0.717, 1.165) is 37.7 Å². The fourth-order valence-corrected chi connectivity index (χ4v) is 6.89. The largest absolute Gasteiger partial charge is 0.465 e. The van der Waals surface area contributed by atoms with E-state index >= 15 is 0 Å². The SMILES string of the molecule is COCOCCOC1[C@@H]2C=CC[C@@H]3[C@@]2(CCOC(=O)C(C)(C)C)CC=C2C(=O)CCC[C@@]213. The van der Waals surface area contributed by atoms with Gasteiger partial charge in [0.2, 0.25) is 0 Å². The Kier molecular flexibility index (Phi) is 6.68. The number of methoxy groups -OCH3 is 1. The van der Waals surface area contributed by atoms with Crippen LogP contribution in [0.25, 0.3) is 0 Å². The normalized spacial score (nSPS) is 35.4. The van der Waals surface area contributed by atoms with Gasteiger partial charge in [0, 0.05) is 30.4 Å². The molecule has 5 atom stereocenters. The van der Waals surface area contributed by atoms with E-state index in [2.05, 4.69) is 18.2 Å². The number of Topliss-reactive ketones (excluding diaryl/α,β-unsaturated/α-hetero) is 1. The Morgan fingerprint density at radius 3 is 2.78 bits per heavy atom. The quantitative estimate of drug-likeness (QED) is 0.228. The molecule has 32 heavy (non-hydrogen) atoms. The Balaban J connectivity index is 1.60. The van der Waals surface area contributed by atoms with E-state index < -0.39 is 5.41 Å². The van der Waals surface area contributed by atoms with Gasteiger partial charge in [-0.2, -0.15) is 0 Å². The molecule has 0 aromatic rings. The Labute approximate surface area is 191 Å². The first-order valence-electron chi connectivity index (χ1n) is 12.0. The first-order chi connectivity index (χ1) is 15.3. The minimum absolute atomic E-state index is 0.0356. The number of ether oxygens (including phenoxy) is 4. The highest BCUT2D eigenvalue weighted by atomic mass is 16.7. The molecular weight excluding hydrogens is 408 g/mol. The number of carbonyl (C=O) groups is 2. The van der Waals surface area contributed by atoms with E-state index in [1.807, 2.05) is 20.8 Å². The van der Waals surface area contributed by atoms with E-state index in [1.165, 1.54) is 0 Å². The van der Waals surface area contributed by atoms with E-state index in [9.17, 15) is 9.59 Å². The van der Waals surface area contributed by atoms with Crippen LogP contribution in [0, 0.1) is 28.1 Å². The van der Waals surface area contributed by atoms with Crippen LogP contribution < -0.4 is 0 Å². The molecule has 0 radical (unpaired) electrons. The van der Waals surface area contributed by atoms with Crippen molar-refractivity contribution in [2.24, 2.45) is 28.1 Å². The zero-order valence-corrected chi connectivity index (χ0v) is 20.0. The molecule has 0 amide bonds. The predicted octanol–water partition coefficient (Wildman–Crippen LogP) is 4.23. The van der Waals surface area contributed by atoms with Crippen molar-refractivity contribution in [1.82, 2.24) is 0 Å². The molecule has 6 heteroatoms. The van der Waals surface area contributed by atoms with Gasteiger partial charge in [0.25, 0.3) is 0 Å². The first kappa shape index (κ1) is 23.7. The first-order valence-corrected chi connectivity index (χ1v) is 12.0. The maximum Gasteiger partial charge on any atom is 0.311 e. The van der Waals surface area contributed by atoms with Gasteiger partial charge < -0.3 is 18.9 Å². The molecule has 1 unspecified atom stereocenters. The Bertz CT molecular complexity index is 793. The monoisotopic (exact) mass is 446 g/mol. The summed E-state index contributed by atoms with van der Waals surface area (Å²) in [5.74, 6) is 0.676. The summed E-state index contributed by atoms with van der Waals surface area (Å²) in [5, 5.41) is 0. The molecule has 0 N–H and O–H groups in total. The number of allylic oxidation sites excluding steroid dienone is 2. The van der Waals surface area contributed by atoms with Gasteiger partial charge in [0.15, 0.2) is 5.78 Å². The molecule has 0 heterocycles. The van der Waals surface area contributed by atoms with E-state index in [0.29, 0.717) is 37.9 Å². The van der Waals surface area contributed by atoms with Crippen LogP contribution >= 0.6 is 0 Å². The van der Waals surface area contributed by atoms with Crippen molar-refractivity contribution in [3.8, 4) is 0 Å². The van der Waals surface area contributed by atoms with Crippen LogP contribution in [0.2, 0.25) is 0 Å². The average molecular weight is 447 g/mol. The molecule has 4 aliphatic carbocycles. The summed E-state index contributed by atoms with van der Waals surface area (Å²) in [6.07, 6.45) is 11.9. The lowest BCUT2D eigenvalue weighted by atomic mass is 9.53. The molecule has 2 fully saturated rings. The summed E-state index contributed by atoms with van der Waals surface area (Å²) in [6, 6.07) is 0. The number of hydrogen-bond donors (Lipinski definition) is 0. The summed E-state index contributed by atoms with van der Waals surface area (Å²) in [5.41, 5.74) is 0.224. The number of hydrogen-bond acceptors (Lipinski definition) is 6. The molecule has 1 spiro atoms. The average Bonchev–Trinajstić information content (AvgIpc) is 2.86. The van der Waals surface area contributed by atoms with Crippen LogP contribution in [-0.2, 0) is 28.5 Å². The molecule has 6 nitrogen and oxygen atoms in total. The van der Waals surface area contributed by atoms with Crippen LogP contribution in [0.1, 0.15) is 59.3 Å². The van der Waals surface area contributed by atoms with Crippen molar-refractivity contribution in [2.75, 3.05) is 33.7 Å². The van der Waals surface area contributed by atoms with Crippen molar-refractivity contribution in [3.05, 3.63) is 23.8 Å². The summed E-state index contributed by atoms with van der Waals surface area (Å²) < 4.78 is 22.7. The smallest absolute Gasteiger partial charge is 0.311 e. The zero-order chi connectivity index (χ0) is 23.0. The van der Waals surface area contributed by atoms with Crippen LogP contribution in [0.3, 0.4) is 0 Å². The van der Waals surface area contributed by atoms with E-state index in [4.69, 9.17) is 18.9 Å². The molecule has 2 saturated carbocycles. The molecular formula is C26H38O6. The van der Waals surface area contributed by atoms with Gasteiger partial charge in [-0.25, -0.2) is 0 Å². The van der Waals surface area contributed by atoms with Gasteiger partial charge in [0.05, 0.1) is 31.3 Å². The standard InChI is InChI=1S/C26H38O6/c1-24(2,3)23(28)32-14-13-25-12-10-18-20(27)8-6-11-26(18)21(25)9-5-7-19(25)22(26)31-16-15-30-17-29-4/h5,7,10,19,21-22H,6,8-9,11-17H2,1-4H3/t19-,21+,22?,25+,26-/m0/s1. The highest BCUT2D eigenvalue weighted by Gasteiger charge is 2.71. The highest BCUT2D eigenvalue weighted by Crippen LogP contribution is 2.72. The molecule has 0 aromatic heterocycles. The van der Waals surface area contributed by atoms with Gasteiger partial charge in [-0.3, -0.25) is 9.59 Å². The number of esters is 1. The zero-order valence-electron chi connectivity index (χ0n) is 20.0. The van der Waals surface area contributed by atoms with Crippen LogP contribution in [0.5, 0.6) is 0 Å². The third-order valence-corrected chi connectivity index (χ3v) is 8.15. The number of carbonyl (C=O) groups excluding carboxylic acids is 2. The van der Waals surface area contributed by atoms with E-state index in [1.54, 1.807) is 7.11 Å². The number of rotatable bonds is 9. The second-order valence-corrected chi connectivity index (χ2v) is 10.9. The maximum atomic E-state index is 13.0. The predicted molar refractivity (Wildman–Crippen MR) is 120 cm³/mol. The topological polar surface area (TPSA) is 71.1 Å². The third kappa shape index (κ3) is 3.78. The highest BCUT2D eigenvalue weighted by molar-refractivity contribution is 5.98. The minimum atomic E-state index is -0.506. The fraction of sp³-hybridized carbons (Fsp3) is 0.769. The summed E-state index contributed by atoms with van der Waals surface area (Å²) in [7, 11) is 1.61. The van der Waals surface area contributed by atoms with Crippen molar-refractivity contribution < 1.29 is 28.5 Å². The molecule has 4 bridgehead atoms. The summed E-state index contributed by atoms with van der Waals surface area (Å²) in [6.45, 7) is 7.25. The van der Waals surface area contributed by atoms with Gasteiger partial charge in [-0.05, 0) is 64.2 Å². The van der Waals surface area contributed by atoms with Crippen LogP contribution in [-0.4, -0.2) is 51.6 Å². The van der Waals surface area contributed by atoms with Gasteiger partial charge in [-0.1, -0.05) is 18.2 Å². The lowest BCUT2D eigenvalue weighted by molar-refractivity contribution is -0.154. The van der Waals surface area contributed by atoms with Crippen molar-refractivity contribution in [1.29, 1.82) is 0 Å². The van der Waals surface area contributed by atoms with Gasteiger partial charge in [-0.15, -0.1) is 0 Å². The second kappa shape index (κ2) is 9.03. The van der Waals surface area contributed by atoms with Crippen LogP contribution in [0.15, 0.2) is 23.8 Å². The lowest BCUT2D eigenvalue weighted by Crippen LogP contribution is -2.48. The van der Waals surface area contributed by atoms with Crippen molar-refractivity contribution >= 4 is 11.8 Å². The third-order valence-electron chi connectivity index (χ3n) is 8.15. The fourth-order valence-electron chi connectivity index (χ4n) is 6.89. The number of ketones is 1. The maximum absolute atomic E-state index is 13.0. The molecule has 0 aromatic carbocycles. The minimum Gasteiger partial charge on any atom is -0.465 e. The Hall–Kier alpha value is -1.50. The van der Waals surface area contributed by atoms with Gasteiger partial charge in [0.1, 0.15) is 6.79 Å².